The molecule has 53 heavy (non-hydrogen) atoms. The topological polar surface area (TPSA) is 137 Å². The lowest BCUT2D eigenvalue weighted by molar-refractivity contribution is -0.0245. The Kier molecular flexibility index (Phi) is 8.06. The number of halogens is 4. The van der Waals surface area contributed by atoms with Crippen molar-refractivity contribution < 1.29 is 23.0 Å². The smallest absolute Gasteiger partial charge is 0.319 e. The summed E-state index contributed by atoms with van der Waals surface area (Å²) in [4.78, 5) is 16.1. The first kappa shape index (κ1) is 34.1. The summed E-state index contributed by atoms with van der Waals surface area (Å²) in [6, 6.07) is 6.97. The third kappa shape index (κ3) is 5.48. The molecule has 0 radical (unpaired) electrons. The lowest BCUT2D eigenvalue weighted by Gasteiger charge is -2.40. The predicted octanol–water partition coefficient (Wildman–Crippen LogP) is 5.82. The van der Waals surface area contributed by atoms with Gasteiger partial charge in [0.1, 0.15) is 47.2 Å². The number of rotatable bonds is 8. The van der Waals surface area contributed by atoms with Crippen LogP contribution in [0.3, 0.4) is 0 Å². The van der Waals surface area contributed by atoms with E-state index in [1.54, 1.807) is 6.07 Å². The Morgan fingerprint density at radius 2 is 2.00 bits per heavy atom. The van der Waals surface area contributed by atoms with Gasteiger partial charge in [-0.25, -0.2) is 13.2 Å². The van der Waals surface area contributed by atoms with Crippen LogP contribution < -0.4 is 20.7 Å². The van der Waals surface area contributed by atoms with E-state index in [0.717, 1.165) is 50.1 Å². The lowest BCUT2D eigenvalue weighted by Crippen LogP contribution is -2.51. The number of alkyl halides is 1. The van der Waals surface area contributed by atoms with Crippen molar-refractivity contribution in [3.63, 3.8) is 0 Å². The lowest BCUT2D eigenvalue weighted by atomic mass is 9.92. The standard InChI is InChI=1S/C38H40ClF3N8O2S/c39-24-12-22-31(29(42)28(24)21-4-5-25(41)33-27(21)23(14-43)34(44)53-33)46-37(52-17-38-8-1-9-49(38)16-20(40)13-38)47-35(22)50-11-6-19-15-48(10-7-26(19)50)36(51)32-30(45-32)18-2-3-18/h4-5,12,18-20,26,30,32,36,45,51H,1-3,6-11,13,15-17,44H2/t19?,20-,26?,30+,32-,36?,38+/m1/s1. The molecule has 5 saturated heterocycles. The Bertz CT molecular complexity index is 2200. The highest BCUT2D eigenvalue weighted by molar-refractivity contribution is 7.23. The largest absolute Gasteiger partial charge is 0.461 e. The number of aliphatic hydroxyl groups is 1. The van der Waals surface area contributed by atoms with Gasteiger partial charge in [0, 0.05) is 61.0 Å². The number of hydrogen-bond acceptors (Lipinski definition) is 11. The number of nitrogens with one attached hydrogen (secondary N) is 1. The zero-order valence-electron chi connectivity index (χ0n) is 29.0. The van der Waals surface area contributed by atoms with Gasteiger partial charge in [-0.2, -0.15) is 15.2 Å². The Morgan fingerprint density at radius 1 is 1.15 bits per heavy atom. The van der Waals surface area contributed by atoms with Crippen molar-refractivity contribution >= 4 is 54.7 Å². The first-order valence-electron chi connectivity index (χ1n) is 18.7. The molecule has 1 aliphatic carbocycles. The zero-order chi connectivity index (χ0) is 36.3. The van der Waals surface area contributed by atoms with Gasteiger partial charge >= 0.3 is 6.01 Å². The number of nitrogen functional groups attached to an aromatic ring is 1. The number of fused-ring (bicyclic) bond motifs is 4. The van der Waals surface area contributed by atoms with Crippen LogP contribution in [0.25, 0.3) is 32.1 Å². The molecule has 15 heteroatoms. The Morgan fingerprint density at radius 3 is 2.81 bits per heavy atom. The molecule has 6 fully saturated rings. The summed E-state index contributed by atoms with van der Waals surface area (Å²) in [7, 11) is 0. The van der Waals surface area contributed by atoms with Gasteiger partial charge in [-0.05, 0) is 74.6 Å². The molecule has 4 aromatic rings. The van der Waals surface area contributed by atoms with Crippen LogP contribution in [0.4, 0.5) is 24.0 Å². The van der Waals surface area contributed by atoms with Crippen molar-refractivity contribution in [3.8, 4) is 23.2 Å². The van der Waals surface area contributed by atoms with Crippen LogP contribution in [-0.2, 0) is 0 Å². The number of likely N-dealkylation sites (tertiary alicyclic amines) is 1. The number of nitrogens with zero attached hydrogens (tertiary/aromatic N) is 6. The van der Waals surface area contributed by atoms with Crippen molar-refractivity contribution in [2.75, 3.05) is 50.0 Å². The van der Waals surface area contributed by atoms with Gasteiger partial charge in [0.2, 0.25) is 0 Å². The van der Waals surface area contributed by atoms with Gasteiger partial charge in [0.15, 0.2) is 5.82 Å². The number of aromatic nitrogens is 2. The van der Waals surface area contributed by atoms with Crippen LogP contribution in [-0.4, -0.2) is 100 Å². The average molecular weight is 765 g/mol. The zero-order valence-corrected chi connectivity index (χ0v) is 30.6. The molecule has 5 aliphatic heterocycles. The van der Waals surface area contributed by atoms with Crippen LogP contribution in [0.15, 0.2) is 18.2 Å². The molecule has 3 unspecified atom stereocenters. The van der Waals surface area contributed by atoms with Crippen LogP contribution in [0.5, 0.6) is 6.01 Å². The average Bonchev–Trinajstić information content (AvgIpc) is 3.99. The van der Waals surface area contributed by atoms with Crippen molar-refractivity contribution in [2.45, 2.75) is 81.0 Å². The molecule has 0 spiro atoms. The maximum absolute atomic E-state index is 17.2. The minimum Gasteiger partial charge on any atom is -0.461 e. The molecule has 278 valence electrons. The molecule has 6 aliphatic rings. The summed E-state index contributed by atoms with van der Waals surface area (Å²) in [5.74, 6) is 0.147. The van der Waals surface area contributed by atoms with E-state index in [2.05, 4.69) is 31.1 Å². The van der Waals surface area contributed by atoms with Gasteiger partial charge in [-0.1, -0.05) is 17.7 Å². The van der Waals surface area contributed by atoms with E-state index in [4.69, 9.17) is 27.1 Å². The van der Waals surface area contributed by atoms with E-state index in [-0.39, 0.29) is 72.9 Å². The minimum absolute atomic E-state index is 0.00724. The third-order valence-corrected chi connectivity index (χ3v) is 14.2. The second kappa shape index (κ2) is 12.5. The fourth-order valence-electron chi connectivity index (χ4n) is 10.1. The molecule has 10 rings (SSSR count). The van der Waals surface area contributed by atoms with Crippen LogP contribution >= 0.6 is 22.9 Å². The number of thiophene rings is 1. The summed E-state index contributed by atoms with van der Waals surface area (Å²) in [6.07, 6.45) is 4.78. The van der Waals surface area contributed by atoms with E-state index in [9.17, 15) is 14.8 Å². The van der Waals surface area contributed by atoms with E-state index in [0.29, 0.717) is 49.2 Å². The highest BCUT2D eigenvalue weighted by atomic mass is 35.5. The number of benzene rings is 2. The number of anilines is 2. The number of nitrogens with two attached hydrogens (primary N) is 1. The molecule has 0 bridgehead atoms. The third-order valence-electron chi connectivity index (χ3n) is 12.9. The molecule has 0 amide bonds. The second-order valence-corrected chi connectivity index (χ2v) is 17.4. The van der Waals surface area contributed by atoms with Gasteiger partial charge < -0.3 is 25.8 Å². The van der Waals surface area contributed by atoms with E-state index >= 15 is 8.78 Å². The maximum atomic E-state index is 17.2. The Balaban J connectivity index is 1.04. The molecular formula is C38H40ClF3N8O2S. The first-order valence-corrected chi connectivity index (χ1v) is 19.9. The minimum atomic E-state index is -0.938. The fraction of sp³-hybridized carbons (Fsp3) is 0.553. The number of hydrogen-bond donors (Lipinski definition) is 3. The summed E-state index contributed by atoms with van der Waals surface area (Å²) >= 11 is 7.89. The van der Waals surface area contributed by atoms with Gasteiger partial charge in [-0.15, -0.1) is 11.3 Å². The van der Waals surface area contributed by atoms with Crippen molar-refractivity contribution in [2.24, 2.45) is 11.8 Å². The van der Waals surface area contributed by atoms with E-state index in [1.807, 2.05) is 0 Å². The summed E-state index contributed by atoms with van der Waals surface area (Å²) in [6.45, 7) is 3.47. The molecular weight excluding hydrogens is 725 g/mol. The summed E-state index contributed by atoms with van der Waals surface area (Å²) in [5.41, 5.74) is 5.91. The number of piperidine rings is 1. The van der Waals surface area contributed by atoms with Crippen LogP contribution in [0.1, 0.15) is 50.5 Å². The Labute approximate surface area is 313 Å². The van der Waals surface area contributed by atoms with Crippen molar-refractivity contribution in [1.29, 1.82) is 5.26 Å². The SMILES string of the molecule is N#Cc1c(N)sc2c(F)ccc(-c3c(Cl)cc4c(N5CCC6CN(C(O)[C@@H]7N[C@H]7C7CC7)CCC65)nc(OC[C@@]56CCCN5C[C@H](F)C6)nc4c3F)c12. The van der Waals surface area contributed by atoms with Crippen LogP contribution in [0, 0.1) is 34.8 Å². The Hall–Kier alpha value is -3.45. The van der Waals surface area contributed by atoms with Crippen LogP contribution in [0.2, 0.25) is 5.02 Å². The highest BCUT2D eigenvalue weighted by Gasteiger charge is 2.53. The van der Waals surface area contributed by atoms with Gasteiger partial charge in [-0.3, -0.25) is 9.80 Å². The maximum Gasteiger partial charge on any atom is 0.319 e. The number of ether oxygens (including phenoxy) is 1. The number of aliphatic hydroxyl groups excluding tert-OH is 1. The van der Waals surface area contributed by atoms with Crippen molar-refractivity contribution in [3.05, 3.63) is 40.4 Å². The van der Waals surface area contributed by atoms with Crippen molar-refractivity contribution in [1.82, 2.24) is 25.1 Å². The molecule has 7 atom stereocenters. The quantitative estimate of drug-likeness (QED) is 0.188. The molecule has 7 heterocycles. The van der Waals surface area contributed by atoms with Gasteiger partial charge in [0.25, 0.3) is 0 Å². The first-order chi connectivity index (χ1) is 25.6. The van der Waals surface area contributed by atoms with Gasteiger partial charge in [0.05, 0.1) is 26.9 Å². The normalized spacial score (nSPS) is 30.6. The molecule has 2 aromatic heterocycles. The molecule has 4 N–H and O–H groups in total. The predicted molar refractivity (Wildman–Crippen MR) is 198 cm³/mol. The summed E-state index contributed by atoms with van der Waals surface area (Å²) < 4.78 is 53.4. The fourth-order valence-corrected chi connectivity index (χ4v) is 11.4. The summed E-state index contributed by atoms with van der Waals surface area (Å²) in [5, 5.41) is 25.5. The molecule has 2 aromatic carbocycles. The van der Waals surface area contributed by atoms with E-state index in [1.165, 1.54) is 25.0 Å². The monoisotopic (exact) mass is 764 g/mol. The number of nitriles is 1. The highest BCUT2D eigenvalue weighted by Crippen LogP contribution is 2.48. The molecule has 10 nitrogen and oxygen atoms in total. The molecule has 1 saturated carbocycles. The second-order valence-electron chi connectivity index (χ2n) is 16.0. The van der Waals surface area contributed by atoms with E-state index < -0.39 is 29.6 Å².